The van der Waals surface area contributed by atoms with E-state index in [0.29, 0.717) is 11.4 Å². The molecular weight excluding hydrogens is 305 g/mol. The molecule has 2 heterocycles. The molecule has 0 bridgehead atoms. The molecule has 0 saturated heterocycles. The number of nitrogens with zero attached hydrogens (tertiary/aromatic N) is 2. The summed E-state index contributed by atoms with van der Waals surface area (Å²) in [4.78, 5) is 13.6. The minimum Gasteiger partial charge on any atom is -0.465 e. The van der Waals surface area contributed by atoms with Crippen molar-refractivity contribution >= 4 is 24.2 Å². The number of furan rings is 1. The summed E-state index contributed by atoms with van der Waals surface area (Å²) in [6.45, 7) is 0. The molecule has 1 amide bonds. The first-order valence-corrected chi connectivity index (χ1v) is 6.79. The van der Waals surface area contributed by atoms with Gasteiger partial charge in [-0.3, -0.25) is 4.79 Å². The van der Waals surface area contributed by atoms with Crippen molar-refractivity contribution in [3.63, 3.8) is 0 Å². The number of hydrogen-bond acceptors (Lipinski definition) is 5. The van der Waals surface area contributed by atoms with Crippen molar-refractivity contribution in [2.75, 3.05) is 4.90 Å². The first kappa shape index (κ1) is 14.2. The van der Waals surface area contributed by atoms with Crippen molar-refractivity contribution in [3.05, 3.63) is 64.8 Å². The van der Waals surface area contributed by atoms with E-state index < -0.39 is 12.1 Å². The number of thiol groups is 1. The molecule has 0 fully saturated rings. The van der Waals surface area contributed by atoms with Gasteiger partial charge in [-0.25, -0.2) is 4.39 Å². The molecule has 0 saturated carbocycles. The molecule has 1 aromatic carbocycles. The average Bonchev–Trinajstić information content (AvgIpc) is 3.03. The fourth-order valence-electron chi connectivity index (χ4n) is 2.22. The van der Waals surface area contributed by atoms with Gasteiger partial charge in [0.1, 0.15) is 23.2 Å². The summed E-state index contributed by atoms with van der Waals surface area (Å²) < 4.78 is 18.5. The predicted molar refractivity (Wildman–Crippen MR) is 80.1 cm³/mol. The number of carbonyl (C=O) groups is 1. The van der Waals surface area contributed by atoms with E-state index in [1.807, 2.05) is 6.07 Å². The Morgan fingerprint density at radius 1 is 1.32 bits per heavy atom. The van der Waals surface area contributed by atoms with Gasteiger partial charge in [-0.05, 0) is 36.4 Å². The molecule has 22 heavy (non-hydrogen) atoms. The van der Waals surface area contributed by atoms with Crippen molar-refractivity contribution < 1.29 is 13.6 Å². The lowest BCUT2D eigenvalue weighted by molar-refractivity contribution is -0.118. The number of carbonyl (C=O) groups excluding carboxylic acids is 1. The lowest BCUT2D eigenvalue weighted by atomic mass is 10.1. The highest BCUT2D eigenvalue weighted by Crippen LogP contribution is 2.35. The highest BCUT2D eigenvalue weighted by Gasteiger charge is 2.35. The Morgan fingerprint density at radius 2 is 2.05 bits per heavy atom. The predicted octanol–water partition coefficient (Wildman–Crippen LogP) is 2.72. The van der Waals surface area contributed by atoms with E-state index in [-0.39, 0.29) is 16.4 Å². The van der Waals surface area contributed by atoms with Crippen LogP contribution in [-0.4, -0.2) is 5.91 Å². The summed E-state index contributed by atoms with van der Waals surface area (Å²) in [5, 5.41) is 12.0. The minimum absolute atomic E-state index is 0.115. The first-order chi connectivity index (χ1) is 10.6. The molecule has 0 aliphatic carbocycles. The van der Waals surface area contributed by atoms with Crippen LogP contribution < -0.4 is 10.2 Å². The first-order valence-electron chi connectivity index (χ1n) is 6.34. The van der Waals surface area contributed by atoms with Gasteiger partial charge >= 0.3 is 0 Å². The van der Waals surface area contributed by atoms with Crippen molar-refractivity contribution in [1.29, 1.82) is 5.26 Å². The van der Waals surface area contributed by atoms with E-state index in [1.165, 1.54) is 30.5 Å². The highest BCUT2D eigenvalue weighted by molar-refractivity contribution is 7.84. The summed E-state index contributed by atoms with van der Waals surface area (Å²) in [7, 11) is 0. The topological polar surface area (TPSA) is 69.3 Å². The molecule has 1 aliphatic rings. The second-order valence-corrected chi connectivity index (χ2v) is 4.97. The molecular formula is C15H10FN3O2S. The van der Waals surface area contributed by atoms with Crippen LogP contribution in [0.1, 0.15) is 11.9 Å². The Kier molecular flexibility index (Phi) is 3.61. The Bertz CT molecular complexity index is 778. The average molecular weight is 315 g/mol. The maximum absolute atomic E-state index is 13.1. The number of rotatable bonds is 2. The van der Waals surface area contributed by atoms with Crippen molar-refractivity contribution in [2.24, 2.45) is 0 Å². The molecule has 0 radical (unpaired) electrons. The number of anilines is 1. The van der Waals surface area contributed by atoms with Crippen LogP contribution in [-0.2, 0) is 4.79 Å². The molecule has 1 N–H and O–H groups in total. The van der Waals surface area contributed by atoms with Gasteiger partial charge in [-0.15, -0.1) is 12.6 Å². The SMILES string of the molecule is N#CC1=C(S)N(c2ccc(F)cc2)[C@H](c2ccco2)NC1=O. The smallest absolute Gasteiger partial charge is 0.266 e. The Hall–Kier alpha value is -2.72. The van der Waals surface area contributed by atoms with E-state index in [4.69, 9.17) is 9.68 Å². The van der Waals surface area contributed by atoms with Crippen LogP contribution in [0.3, 0.4) is 0 Å². The number of nitriles is 1. The monoisotopic (exact) mass is 315 g/mol. The largest absolute Gasteiger partial charge is 0.465 e. The summed E-state index contributed by atoms with van der Waals surface area (Å²) in [5.74, 6) is -0.446. The van der Waals surface area contributed by atoms with Gasteiger partial charge in [0.25, 0.3) is 5.91 Å². The van der Waals surface area contributed by atoms with E-state index in [1.54, 1.807) is 17.0 Å². The van der Waals surface area contributed by atoms with Gasteiger partial charge in [0.15, 0.2) is 6.17 Å². The van der Waals surface area contributed by atoms with Gasteiger partial charge in [0.2, 0.25) is 0 Å². The number of halogens is 1. The third kappa shape index (κ3) is 2.34. The minimum atomic E-state index is -0.669. The van der Waals surface area contributed by atoms with Crippen molar-refractivity contribution in [3.8, 4) is 6.07 Å². The van der Waals surface area contributed by atoms with Crippen LogP contribution in [0.4, 0.5) is 10.1 Å². The number of benzene rings is 1. The zero-order valence-corrected chi connectivity index (χ0v) is 12.0. The maximum Gasteiger partial charge on any atom is 0.266 e. The van der Waals surface area contributed by atoms with Crippen LogP contribution in [0.5, 0.6) is 0 Å². The highest BCUT2D eigenvalue weighted by atomic mass is 32.1. The zero-order chi connectivity index (χ0) is 15.7. The van der Waals surface area contributed by atoms with Gasteiger partial charge in [0, 0.05) is 5.69 Å². The van der Waals surface area contributed by atoms with Gasteiger partial charge in [-0.1, -0.05) is 0 Å². The van der Waals surface area contributed by atoms with E-state index in [9.17, 15) is 9.18 Å². The van der Waals surface area contributed by atoms with Gasteiger partial charge in [0.05, 0.1) is 11.3 Å². The molecule has 1 aromatic heterocycles. The number of nitrogens with one attached hydrogen (secondary N) is 1. The van der Waals surface area contributed by atoms with Crippen LogP contribution in [0.2, 0.25) is 0 Å². The summed E-state index contributed by atoms with van der Waals surface area (Å²) in [6.07, 6.45) is 0.809. The quantitative estimate of drug-likeness (QED) is 0.836. The normalized spacial score (nSPS) is 18.1. The Balaban J connectivity index is 2.14. The molecule has 7 heteroatoms. The lowest BCUT2D eigenvalue weighted by Crippen LogP contribution is -2.45. The Labute approximate surface area is 131 Å². The number of amides is 1. The Morgan fingerprint density at radius 3 is 2.64 bits per heavy atom. The summed E-state index contributed by atoms with van der Waals surface area (Å²) >= 11 is 4.31. The van der Waals surface area contributed by atoms with Crippen LogP contribution >= 0.6 is 12.6 Å². The zero-order valence-electron chi connectivity index (χ0n) is 11.2. The fraction of sp³-hybridized carbons (Fsp3) is 0.0667. The number of hydrogen-bond donors (Lipinski definition) is 2. The molecule has 1 aliphatic heterocycles. The second-order valence-electron chi connectivity index (χ2n) is 4.55. The van der Waals surface area contributed by atoms with Crippen molar-refractivity contribution in [1.82, 2.24) is 5.32 Å². The molecule has 1 atom stereocenters. The molecule has 0 unspecified atom stereocenters. The second kappa shape index (κ2) is 5.58. The van der Waals surface area contributed by atoms with Gasteiger partial charge < -0.3 is 14.6 Å². The fourth-order valence-corrected chi connectivity index (χ4v) is 2.61. The molecule has 110 valence electrons. The lowest BCUT2D eigenvalue weighted by Gasteiger charge is -2.36. The maximum atomic E-state index is 13.1. The standard InChI is InChI=1S/C15H10FN3O2S/c16-9-3-5-10(6-4-9)19-13(12-2-1-7-21-12)18-14(20)11(8-17)15(19)22/h1-7,13,22H,(H,18,20)/t13-/m1/s1. The van der Waals surface area contributed by atoms with Crippen LogP contribution in [0, 0.1) is 17.1 Å². The third-order valence-corrected chi connectivity index (χ3v) is 3.67. The molecule has 0 spiro atoms. The molecule has 5 nitrogen and oxygen atoms in total. The van der Waals surface area contributed by atoms with Gasteiger partial charge in [-0.2, -0.15) is 5.26 Å². The van der Waals surface area contributed by atoms with E-state index in [2.05, 4.69) is 17.9 Å². The summed E-state index contributed by atoms with van der Waals surface area (Å²) in [6, 6.07) is 10.9. The summed E-state index contributed by atoms with van der Waals surface area (Å²) in [5.41, 5.74) is 0.455. The van der Waals surface area contributed by atoms with E-state index >= 15 is 0 Å². The third-order valence-electron chi connectivity index (χ3n) is 3.23. The van der Waals surface area contributed by atoms with Crippen LogP contribution in [0.15, 0.2) is 57.7 Å². The van der Waals surface area contributed by atoms with Crippen LogP contribution in [0.25, 0.3) is 0 Å². The van der Waals surface area contributed by atoms with E-state index in [0.717, 1.165) is 0 Å². The van der Waals surface area contributed by atoms with Crippen molar-refractivity contribution in [2.45, 2.75) is 6.17 Å². The molecule has 2 aromatic rings. The molecule has 3 rings (SSSR count).